The minimum atomic E-state index is -0.499. The van der Waals surface area contributed by atoms with Crippen molar-refractivity contribution in [3.63, 3.8) is 0 Å². The summed E-state index contributed by atoms with van der Waals surface area (Å²) in [6.45, 7) is 0. The van der Waals surface area contributed by atoms with Gasteiger partial charge >= 0.3 is 0 Å². The van der Waals surface area contributed by atoms with Gasteiger partial charge in [-0.05, 0) is 44.1 Å². The molecule has 0 spiro atoms. The summed E-state index contributed by atoms with van der Waals surface area (Å²) in [7, 11) is 0. The summed E-state index contributed by atoms with van der Waals surface area (Å²) in [6.07, 6.45) is 5.98. The summed E-state index contributed by atoms with van der Waals surface area (Å²) < 4.78 is 0. The molecule has 2 aromatic rings. The van der Waals surface area contributed by atoms with E-state index in [9.17, 15) is 4.79 Å². The van der Waals surface area contributed by atoms with E-state index >= 15 is 0 Å². The molecule has 0 unspecified atom stereocenters. The van der Waals surface area contributed by atoms with Crippen LogP contribution in [-0.4, -0.2) is 16.9 Å². The first kappa shape index (κ1) is 15.2. The molecule has 1 heterocycles. The van der Waals surface area contributed by atoms with Crippen molar-refractivity contribution < 1.29 is 4.79 Å². The molecular weight excluding hydrogens is 294 g/mol. The van der Waals surface area contributed by atoms with E-state index in [0.717, 1.165) is 25.0 Å². The monoisotopic (exact) mass is 315 g/mol. The normalized spacial score (nSPS) is 15.1. The van der Waals surface area contributed by atoms with Gasteiger partial charge in [0, 0.05) is 4.88 Å². The molecule has 3 N–H and O–H groups in total. The molecule has 1 aliphatic carbocycles. The van der Waals surface area contributed by atoms with Crippen molar-refractivity contribution >= 4 is 22.4 Å². The van der Waals surface area contributed by atoms with Gasteiger partial charge in [0.2, 0.25) is 5.91 Å². The van der Waals surface area contributed by atoms with Crippen LogP contribution in [0.2, 0.25) is 0 Å². The van der Waals surface area contributed by atoms with Crippen molar-refractivity contribution in [2.45, 2.75) is 44.6 Å². The SMILES string of the molecule is N[C@H](CCc1ccccc1)C(=O)Nc1nc2c(s1)CCCC2. The molecule has 22 heavy (non-hydrogen) atoms. The number of carbonyl (C=O) groups is 1. The van der Waals surface area contributed by atoms with Gasteiger partial charge in [0.05, 0.1) is 11.7 Å². The number of thiazole rings is 1. The van der Waals surface area contributed by atoms with E-state index in [1.54, 1.807) is 11.3 Å². The Bertz CT molecular complexity index is 615. The van der Waals surface area contributed by atoms with Gasteiger partial charge in [0.15, 0.2) is 5.13 Å². The summed E-state index contributed by atoms with van der Waals surface area (Å²) in [4.78, 5) is 18.0. The highest BCUT2D eigenvalue weighted by molar-refractivity contribution is 7.15. The van der Waals surface area contributed by atoms with E-state index in [0.29, 0.717) is 11.6 Å². The summed E-state index contributed by atoms with van der Waals surface area (Å²) in [5, 5.41) is 3.58. The fourth-order valence-corrected chi connectivity index (χ4v) is 3.75. The average Bonchev–Trinajstić information content (AvgIpc) is 2.95. The van der Waals surface area contributed by atoms with E-state index in [4.69, 9.17) is 5.73 Å². The van der Waals surface area contributed by atoms with Gasteiger partial charge in [-0.1, -0.05) is 30.3 Å². The zero-order valence-corrected chi connectivity index (χ0v) is 13.4. The minimum Gasteiger partial charge on any atom is -0.320 e. The Morgan fingerprint density at radius 1 is 1.27 bits per heavy atom. The largest absolute Gasteiger partial charge is 0.320 e. The second-order valence-electron chi connectivity index (χ2n) is 5.72. The molecule has 1 atom stereocenters. The molecule has 3 rings (SSSR count). The van der Waals surface area contributed by atoms with Crippen molar-refractivity contribution in [1.82, 2.24) is 4.98 Å². The van der Waals surface area contributed by atoms with Gasteiger partial charge in [-0.25, -0.2) is 4.98 Å². The van der Waals surface area contributed by atoms with Crippen LogP contribution in [0.1, 0.15) is 35.4 Å². The van der Waals surface area contributed by atoms with E-state index in [-0.39, 0.29) is 5.91 Å². The Kier molecular flexibility index (Phi) is 4.85. The number of carbonyl (C=O) groups excluding carboxylic acids is 1. The summed E-state index contributed by atoms with van der Waals surface area (Å²) in [5.74, 6) is -0.137. The molecule has 0 radical (unpaired) electrons. The molecule has 5 heteroatoms. The lowest BCUT2D eigenvalue weighted by Gasteiger charge is -2.10. The topological polar surface area (TPSA) is 68.0 Å². The second kappa shape index (κ2) is 7.03. The fraction of sp³-hybridized carbons (Fsp3) is 0.412. The molecule has 4 nitrogen and oxygen atoms in total. The van der Waals surface area contributed by atoms with Gasteiger partial charge in [-0.3, -0.25) is 4.79 Å². The Morgan fingerprint density at radius 2 is 2.05 bits per heavy atom. The van der Waals surface area contributed by atoms with Gasteiger partial charge < -0.3 is 11.1 Å². The van der Waals surface area contributed by atoms with Crippen molar-refractivity contribution in [1.29, 1.82) is 0 Å². The van der Waals surface area contributed by atoms with Gasteiger partial charge in [0.25, 0.3) is 0 Å². The molecule has 0 aliphatic heterocycles. The Morgan fingerprint density at radius 3 is 2.82 bits per heavy atom. The average molecular weight is 315 g/mol. The number of hydrogen-bond acceptors (Lipinski definition) is 4. The lowest BCUT2D eigenvalue weighted by molar-refractivity contribution is -0.117. The zero-order valence-electron chi connectivity index (χ0n) is 12.5. The summed E-state index contributed by atoms with van der Waals surface area (Å²) >= 11 is 1.60. The highest BCUT2D eigenvalue weighted by Crippen LogP contribution is 2.29. The maximum absolute atomic E-state index is 12.2. The number of nitrogens with zero attached hydrogens (tertiary/aromatic N) is 1. The highest BCUT2D eigenvalue weighted by atomic mass is 32.1. The zero-order chi connectivity index (χ0) is 15.4. The molecule has 0 saturated carbocycles. The predicted molar refractivity (Wildman–Crippen MR) is 90.1 cm³/mol. The van der Waals surface area contributed by atoms with Crippen LogP contribution >= 0.6 is 11.3 Å². The first-order chi connectivity index (χ1) is 10.7. The molecule has 1 amide bonds. The molecule has 1 aromatic heterocycles. The maximum Gasteiger partial charge on any atom is 0.243 e. The molecule has 1 aromatic carbocycles. The van der Waals surface area contributed by atoms with Crippen LogP contribution in [0.25, 0.3) is 0 Å². The number of amides is 1. The molecule has 0 saturated heterocycles. The van der Waals surface area contributed by atoms with Gasteiger partial charge in [-0.2, -0.15) is 0 Å². The third-order valence-corrected chi connectivity index (χ3v) is 5.07. The van der Waals surface area contributed by atoms with E-state index in [1.807, 2.05) is 18.2 Å². The Labute approximate surface area is 134 Å². The van der Waals surface area contributed by atoms with Crippen LogP contribution in [0, 0.1) is 0 Å². The number of aryl methyl sites for hydroxylation is 3. The number of fused-ring (bicyclic) bond motifs is 1. The lowest BCUT2D eigenvalue weighted by Crippen LogP contribution is -2.36. The van der Waals surface area contributed by atoms with Crippen LogP contribution in [-0.2, 0) is 24.1 Å². The first-order valence-corrected chi connectivity index (χ1v) is 8.63. The second-order valence-corrected chi connectivity index (χ2v) is 6.80. The number of aromatic nitrogens is 1. The lowest BCUT2D eigenvalue weighted by atomic mass is 10.0. The predicted octanol–water partition coefficient (Wildman–Crippen LogP) is 2.92. The molecule has 0 bridgehead atoms. The van der Waals surface area contributed by atoms with Gasteiger partial charge in [0.1, 0.15) is 0 Å². The van der Waals surface area contributed by atoms with E-state index in [1.165, 1.54) is 23.3 Å². The van der Waals surface area contributed by atoms with Crippen LogP contribution in [0.3, 0.4) is 0 Å². The third kappa shape index (κ3) is 3.72. The molecule has 1 aliphatic rings. The smallest absolute Gasteiger partial charge is 0.243 e. The van der Waals surface area contributed by atoms with Crippen LogP contribution in [0.4, 0.5) is 5.13 Å². The third-order valence-electron chi connectivity index (χ3n) is 4.00. The summed E-state index contributed by atoms with van der Waals surface area (Å²) in [6, 6.07) is 9.60. The molecule has 0 fully saturated rings. The first-order valence-electron chi connectivity index (χ1n) is 7.81. The molecular formula is C17H21N3OS. The fourth-order valence-electron chi connectivity index (χ4n) is 2.70. The Balaban J connectivity index is 1.53. The number of rotatable bonds is 5. The van der Waals surface area contributed by atoms with Crippen LogP contribution in [0.15, 0.2) is 30.3 Å². The number of hydrogen-bond donors (Lipinski definition) is 2. The standard InChI is InChI=1S/C17H21N3OS/c18-13(11-10-12-6-2-1-3-7-12)16(21)20-17-19-14-8-4-5-9-15(14)22-17/h1-3,6-7,13H,4-5,8-11,18H2,(H,19,20,21)/t13-/m1/s1. The van der Waals surface area contributed by atoms with Crippen molar-refractivity contribution in [2.75, 3.05) is 5.32 Å². The summed E-state index contributed by atoms with van der Waals surface area (Å²) in [5.41, 5.74) is 8.36. The van der Waals surface area contributed by atoms with Crippen LogP contribution in [0.5, 0.6) is 0 Å². The highest BCUT2D eigenvalue weighted by Gasteiger charge is 2.19. The number of nitrogens with one attached hydrogen (secondary N) is 1. The number of nitrogens with two attached hydrogens (primary N) is 1. The number of anilines is 1. The van der Waals surface area contributed by atoms with Gasteiger partial charge in [-0.15, -0.1) is 11.3 Å². The molecule has 116 valence electrons. The van der Waals surface area contributed by atoms with E-state index < -0.39 is 6.04 Å². The van der Waals surface area contributed by atoms with Crippen molar-refractivity contribution in [2.24, 2.45) is 5.73 Å². The quantitative estimate of drug-likeness (QED) is 0.891. The van der Waals surface area contributed by atoms with Crippen molar-refractivity contribution in [3.8, 4) is 0 Å². The van der Waals surface area contributed by atoms with Crippen molar-refractivity contribution in [3.05, 3.63) is 46.5 Å². The minimum absolute atomic E-state index is 0.137. The number of benzene rings is 1. The van der Waals surface area contributed by atoms with E-state index in [2.05, 4.69) is 22.4 Å². The Hall–Kier alpha value is -1.72. The van der Waals surface area contributed by atoms with Crippen LogP contribution < -0.4 is 11.1 Å². The maximum atomic E-state index is 12.2.